The fourth-order valence-corrected chi connectivity index (χ4v) is 4.52. The fraction of sp³-hybridized carbons (Fsp3) is 0.464. The number of H-pyrrole nitrogens is 3. The topological polar surface area (TPSA) is 116 Å². The number of ether oxygens (including phenoxy) is 2. The molecule has 0 radical (unpaired) electrons. The predicted molar refractivity (Wildman–Crippen MR) is 144 cm³/mol. The van der Waals surface area contributed by atoms with Gasteiger partial charge in [-0.1, -0.05) is 26.0 Å². The summed E-state index contributed by atoms with van der Waals surface area (Å²) in [6, 6.07) is 5.79. The van der Waals surface area contributed by atoms with Crippen molar-refractivity contribution in [3.63, 3.8) is 0 Å². The van der Waals surface area contributed by atoms with E-state index < -0.39 is 16.9 Å². The zero-order valence-electron chi connectivity index (χ0n) is 22.2. The van der Waals surface area contributed by atoms with Gasteiger partial charge in [-0.3, -0.25) is 14.5 Å². The first-order chi connectivity index (χ1) is 18.3. The second kappa shape index (κ2) is 12.9. The molecule has 0 bridgehead atoms. The number of aromatic nitrogens is 4. The molecule has 1 aromatic carbocycles. The molecule has 0 spiro atoms. The van der Waals surface area contributed by atoms with Crippen molar-refractivity contribution in [3.8, 4) is 0 Å². The maximum absolute atomic E-state index is 13.5. The van der Waals surface area contributed by atoms with Crippen molar-refractivity contribution >= 4 is 12.2 Å². The summed E-state index contributed by atoms with van der Waals surface area (Å²) >= 11 is 0. The predicted octanol–water partition coefficient (Wildman–Crippen LogP) is 1.38. The van der Waals surface area contributed by atoms with Crippen molar-refractivity contribution in [1.82, 2.24) is 24.8 Å². The molecule has 3 heterocycles. The van der Waals surface area contributed by atoms with Crippen LogP contribution in [0.25, 0.3) is 12.2 Å². The van der Waals surface area contributed by atoms with Crippen molar-refractivity contribution in [1.29, 1.82) is 0 Å². The number of nitrogens with one attached hydrogen (secondary N) is 3. The standard InChI is InChI=1S/C28H36FN5O4/c1-4-37-17-21-16-34(11-12-38-21)10-6-9-25-30-22(26(33-25)18(2)3)15-24-28(36)31-23(27(35)32-24)14-19-7-5-8-20(29)13-19/h5,7-8,13-15,18,21H,4,6,9-12,16-17H2,1-3H3,(H,30,33)(H,31,36)(H,32,35)/b23-14-,24-15-. The van der Waals surface area contributed by atoms with Crippen LogP contribution in [0.2, 0.25) is 0 Å². The van der Waals surface area contributed by atoms with Crippen LogP contribution in [-0.4, -0.2) is 70.4 Å². The van der Waals surface area contributed by atoms with Gasteiger partial charge in [-0.15, -0.1) is 0 Å². The fourth-order valence-electron chi connectivity index (χ4n) is 4.52. The molecular weight excluding hydrogens is 489 g/mol. The van der Waals surface area contributed by atoms with Gasteiger partial charge >= 0.3 is 0 Å². The summed E-state index contributed by atoms with van der Waals surface area (Å²) in [6.45, 7) is 10.8. The zero-order valence-corrected chi connectivity index (χ0v) is 22.2. The van der Waals surface area contributed by atoms with Gasteiger partial charge in [0.15, 0.2) is 0 Å². The molecule has 9 nitrogen and oxygen atoms in total. The molecule has 38 heavy (non-hydrogen) atoms. The van der Waals surface area contributed by atoms with Crippen LogP contribution < -0.4 is 21.8 Å². The van der Waals surface area contributed by atoms with E-state index in [1.54, 1.807) is 18.2 Å². The van der Waals surface area contributed by atoms with Crippen LogP contribution in [0.15, 0.2) is 33.9 Å². The molecule has 4 rings (SSSR count). The number of aryl methyl sites for hydroxylation is 1. The van der Waals surface area contributed by atoms with Crippen molar-refractivity contribution in [2.45, 2.75) is 45.6 Å². The van der Waals surface area contributed by atoms with Crippen LogP contribution in [0.3, 0.4) is 0 Å². The van der Waals surface area contributed by atoms with E-state index in [1.807, 2.05) is 20.8 Å². The molecule has 1 fully saturated rings. The summed E-state index contributed by atoms with van der Waals surface area (Å²) in [5.41, 5.74) is 1.07. The van der Waals surface area contributed by atoms with E-state index in [2.05, 4.69) is 19.9 Å². The molecule has 10 heteroatoms. The average molecular weight is 526 g/mol. The van der Waals surface area contributed by atoms with Crippen molar-refractivity contribution in [3.05, 3.63) is 84.3 Å². The summed E-state index contributed by atoms with van der Waals surface area (Å²) in [5, 5.41) is 0.163. The maximum atomic E-state index is 13.5. The van der Waals surface area contributed by atoms with Gasteiger partial charge in [-0.25, -0.2) is 9.37 Å². The largest absolute Gasteiger partial charge is 0.379 e. The van der Waals surface area contributed by atoms with Crippen LogP contribution in [0.1, 0.15) is 55.9 Å². The number of nitrogens with zero attached hydrogens (tertiary/aromatic N) is 2. The van der Waals surface area contributed by atoms with Crippen molar-refractivity contribution in [2.75, 3.05) is 39.5 Å². The summed E-state index contributed by atoms with van der Waals surface area (Å²) in [6.07, 6.45) is 4.83. The molecule has 1 unspecified atom stereocenters. The third kappa shape index (κ3) is 7.37. The van der Waals surface area contributed by atoms with Crippen LogP contribution in [-0.2, 0) is 15.9 Å². The highest BCUT2D eigenvalue weighted by molar-refractivity contribution is 5.49. The molecule has 0 aliphatic carbocycles. The number of halogens is 1. The third-order valence-electron chi connectivity index (χ3n) is 6.43. The Morgan fingerprint density at radius 3 is 2.66 bits per heavy atom. The number of hydrogen-bond donors (Lipinski definition) is 3. The van der Waals surface area contributed by atoms with E-state index in [-0.39, 0.29) is 22.7 Å². The lowest BCUT2D eigenvalue weighted by Crippen LogP contribution is -2.46. The highest BCUT2D eigenvalue weighted by atomic mass is 19.1. The molecule has 1 atom stereocenters. The van der Waals surface area contributed by atoms with Gasteiger partial charge in [0.25, 0.3) is 11.1 Å². The molecule has 3 aromatic rings. The maximum Gasteiger partial charge on any atom is 0.272 e. The lowest BCUT2D eigenvalue weighted by atomic mass is 10.1. The molecule has 204 valence electrons. The molecule has 1 aliphatic heterocycles. The Labute approximate surface area is 220 Å². The Morgan fingerprint density at radius 1 is 1.18 bits per heavy atom. The quantitative estimate of drug-likeness (QED) is 0.368. The van der Waals surface area contributed by atoms with Crippen LogP contribution in [0.5, 0.6) is 0 Å². The number of imidazole rings is 1. The minimum absolute atomic E-state index is 0.0520. The van der Waals surface area contributed by atoms with Crippen LogP contribution in [0.4, 0.5) is 4.39 Å². The second-order valence-electron chi connectivity index (χ2n) is 9.77. The first kappa shape index (κ1) is 27.7. The average Bonchev–Trinajstić information content (AvgIpc) is 3.29. The summed E-state index contributed by atoms with van der Waals surface area (Å²) in [7, 11) is 0. The molecule has 1 saturated heterocycles. The Balaban J connectivity index is 1.50. The smallest absolute Gasteiger partial charge is 0.272 e. The molecule has 3 N–H and O–H groups in total. The first-order valence-electron chi connectivity index (χ1n) is 13.1. The SMILES string of the molecule is CCOCC1CN(CCCc2nc(/C=c3\[nH]c(=O)/c(=C/c4cccc(F)c4)[nH]c3=O)c(C(C)C)[nH]2)CCO1. The summed E-state index contributed by atoms with van der Waals surface area (Å²) < 4.78 is 24.8. The van der Waals surface area contributed by atoms with Gasteiger partial charge in [0, 0.05) is 31.8 Å². The second-order valence-corrected chi connectivity index (χ2v) is 9.77. The monoisotopic (exact) mass is 525 g/mol. The first-order valence-corrected chi connectivity index (χ1v) is 13.1. The number of aromatic amines is 3. The normalized spacial score (nSPS) is 17.6. The highest BCUT2D eigenvalue weighted by Crippen LogP contribution is 2.18. The summed E-state index contributed by atoms with van der Waals surface area (Å²) in [4.78, 5) is 41.2. The van der Waals surface area contributed by atoms with Gasteiger partial charge in [0.2, 0.25) is 0 Å². The highest BCUT2D eigenvalue weighted by Gasteiger charge is 2.20. The van der Waals surface area contributed by atoms with E-state index >= 15 is 0 Å². The Hall–Kier alpha value is -3.34. The Kier molecular flexibility index (Phi) is 9.43. The minimum Gasteiger partial charge on any atom is -0.379 e. The number of benzene rings is 1. The Morgan fingerprint density at radius 2 is 1.95 bits per heavy atom. The molecule has 2 aromatic heterocycles. The molecule has 1 aliphatic rings. The van der Waals surface area contributed by atoms with E-state index in [0.29, 0.717) is 31.1 Å². The van der Waals surface area contributed by atoms with Gasteiger partial charge < -0.3 is 24.4 Å². The van der Waals surface area contributed by atoms with E-state index in [0.717, 1.165) is 44.0 Å². The Bertz CT molecular complexity index is 1460. The molecule has 0 saturated carbocycles. The number of morpholine rings is 1. The van der Waals surface area contributed by atoms with Crippen LogP contribution in [0, 0.1) is 5.82 Å². The lowest BCUT2D eigenvalue weighted by molar-refractivity contribution is -0.0675. The molecular formula is C28H36FN5O4. The van der Waals surface area contributed by atoms with Gasteiger partial charge in [0.05, 0.1) is 25.0 Å². The zero-order chi connectivity index (χ0) is 27.1. The van der Waals surface area contributed by atoms with Gasteiger partial charge in [-0.2, -0.15) is 0 Å². The molecule has 0 amide bonds. The van der Waals surface area contributed by atoms with E-state index in [1.165, 1.54) is 18.2 Å². The van der Waals surface area contributed by atoms with E-state index in [9.17, 15) is 14.0 Å². The van der Waals surface area contributed by atoms with Crippen molar-refractivity contribution < 1.29 is 13.9 Å². The third-order valence-corrected chi connectivity index (χ3v) is 6.43. The van der Waals surface area contributed by atoms with E-state index in [4.69, 9.17) is 14.5 Å². The number of hydrogen-bond acceptors (Lipinski definition) is 6. The van der Waals surface area contributed by atoms with Crippen molar-refractivity contribution in [2.24, 2.45) is 0 Å². The van der Waals surface area contributed by atoms with Gasteiger partial charge in [-0.05, 0) is 55.7 Å². The summed E-state index contributed by atoms with van der Waals surface area (Å²) in [5.74, 6) is 0.565. The van der Waals surface area contributed by atoms with Crippen LogP contribution >= 0.6 is 0 Å². The lowest BCUT2D eigenvalue weighted by Gasteiger charge is -2.32. The number of rotatable bonds is 10. The minimum atomic E-state index is -0.477. The van der Waals surface area contributed by atoms with Gasteiger partial charge in [0.1, 0.15) is 22.3 Å².